The van der Waals surface area contributed by atoms with E-state index in [4.69, 9.17) is 0 Å². The second-order valence-corrected chi connectivity index (χ2v) is 5.13. The minimum atomic E-state index is -1.01. The van der Waals surface area contributed by atoms with E-state index in [2.05, 4.69) is 10.3 Å². The van der Waals surface area contributed by atoms with E-state index >= 15 is 0 Å². The van der Waals surface area contributed by atoms with Gasteiger partial charge in [0.2, 0.25) is 0 Å². The van der Waals surface area contributed by atoms with Gasteiger partial charge in [-0.3, -0.25) is 9.78 Å². The third kappa shape index (κ3) is 2.82. The number of piperazine rings is 1. The number of pyridine rings is 1. The molecule has 22 heavy (non-hydrogen) atoms. The molecule has 1 atom stereocenters. The summed E-state index contributed by atoms with van der Waals surface area (Å²) in [7, 11) is 0. The van der Waals surface area contributed by atoms with Crippen molar-refractivity contribution in [3.8, 4) is 0 Å². The molecule has 0 spiro atoms. The largest absolute Gasteiger partial charge is 0.329 e. The summed E-state index contributed by atoms with van der Waals surface area (Å²) in [6.07, 6.45) is 3.38. The van der Waals surface area contributed by atoms with Crippen LogP contribution in [0.5, 0.6) is 0 Å². The van der Waals surface area contributed by atoms with E-state index < -0.39 is 11.6 Å². The molecule has 2 aromatic rings. The van der Waals surface area contributed by atoms with E-state index in [0.717, 1.165) is 17.7 Å². The van der Waals surface area contributed by atoms with Gasteiger partial charge in [-0.2, -0.15) is 0 Å². The molecule has 0 radical (unpaired) electrons. The van der Waals surface area contributed by atoms with Crippen LogP contribution in [0.15, 0.2) is 42.7 Å². The van der Waals surface area contributed by atoms with Gasteiger partial charge in [-0.25, -0.2) is 8.78 Å². The van der Waals surface area contributed by atoms with Gasteiger partial charge < -0.3 is 10.2 Å². The molecule has 1 unspecified atom stereocenters. The van der Waals surface area contributed by atoms with Crippen LogP contribution < -0.4 is 5.32 Å². The Morgan fingerprint density at radius 2 is 2.14 bits per heavy atom. The summed E-state index contributed by atoms with van der Waals surface area (Å²) < 4.78 is 26.4. The standard InChI is InChI=1S/C16H15F2N3O/c17-13-4-3-11(8-14(13)18)16(22)21-7-6-20-10-15(21)12-2-1-5-19-9-12/h1-5,8-9,15,20H,6-7,10H2. The smallest absolute Gasteiger partial charge is 0.254 e. The van der Waals surface area contributed by atoms with Crippen molar-refractivity contribution >= 4 is 5.91 Å². The van der Waals surface area contributed by atoms with Gasteiger partial charge in [-0.15, -0.1) is 0 Å². The minimum absolute atomic E-state index is 0.148. The number of amides is 1. The highest BCUT2D eigenvalue weighted by molar-refractivity contribution is 5.94. The fourth-order valence-electron chi connectivity index (χ4n) is 2.61. The predicted molar refractivity (Wildman–Crippen MR) is 77.2 cm³/mol. The van der Waals surface area contributed by atoms with Crippen molar-refractivity contribution in [3.63, 3.8) is 0 Å². The molecule has 1 aromatic heterocycles. The molecule has 6 heteroatoms. The zero-order chi connectivity index (χ0) is 15.5. The maximum absolute atomic E-state index is 13.4. The van der Waals surface area contributed by atoms with E-state index in [-0.39, 0.29) is 17.5 Å². The van der Waals surface area contributed by atoms with Gasteiger partial charge in [-0.05, 0) is 29.8 Å². The number of carbonyl (C=O) groups is 1. The van der Waals surface area contributed by atoms with E-state index in [9.17, 15) is 13.6 Å². The molecular formula is C16H15F2N3O. The summed E-state index contributed by atoms with van der Waals surface area (Å²) in [4.78, 5) is 18.4. The topological polar surface area (TPSA) is 45.2 Å². The molecule has 1 aliphatic rings. The van der Waals surface area contributed by atoms with E-state index in [1.54, 1.807) is 17.3 Å². The van der Waals surface area contributed by atoms with Crippen molar-refractivity contribution in [2.75, 3.05) is 19.6 Å². The molecule has 4 nitrogen and oxygen atoms in total. The number of rotatable bonds is 2. The van der Waals surface area contributed by atoms with Gasteiger partial charge in [0, 0.05) is 37.6 Å². The number of carbonyl (C=O) groups excluding carboxylic acids is 1. The lowest BCUT2D eigenvalue weighted by Crippen LogP contribution is -2.48. The monoisotopic (exact) mass is 303 g/mol. The average Bonchev–Trinajstić information content (AvgIpc) is 2.57. The van der Waals surface area contributed by atoms with Crippen molar-refractivity contribution < 1.29 is 13.6 Å². The fourth-order valence-corrected chi connectivity index (χ4v) is 2.61. The Hall–Kier alpha value is -2.34. The fraction of sp³-hybridized carbons (Fsp3) is 0.250. The molecule has 3 rings (SSSR count). The first kappa shape index (κ1) is 14.6. The summed E-state index contributed by atoms with van der Waals surface area (Å²) in [6.45, 7) is 1.75. The summed E-state index contributed by atoms with van der Waals surface area (Å²) in [5, 5.41) is 3.23. The van der Waals surface area contributed by atoms with Crippen molar-refractivity contribution in [2.24, 2.45) is 0 Å². The molecule has 114 valence electrons. The molecular weight excluding hydrogens is 288 g/mol. The molecule has 1 aromatic carbocycles. The first-order valence-corrected chi connectivity index (χ1v) is 7.03. The highest BCUT2D eigenvalue weighted by Crippen LogP contribution is 2.24. The van der Waals surface area contributed by atoms with Crippen LogP contribution in [-0.4, -0.2) is 35.4 Å². The average molecular weight is 303 g/mol. The van der Waals surface area contributed by atoms with Crippen LogP contribution in [0.1, 0.15) is 22.0 Å². The maximum Gasteiger partial charge on any atom is 0.254 e. The van der Waals surface area contributed by atoms with Crippen LogP contribution >= 0.6 is 0 Å². The molecule has 0 aliphatic carbocycles. The van der Waals surface area contributed by atoms with Crippen LogP contribution in [0.25, 0.3) is 0 Å². The number of hydrogen-bond donors (Lipinski definition) is 1. The highest BCUT2D eigenvalue weighted by atomic mass is 19.2. The third-order valence-electron chi connectivity index (χ3n) is 3.74. The molecule has 1 saturated heterocycles. The second kappa shape index (κ2) is 6.19. The SMILES string of the molecule is O=C(c1ccc(F)c(F)c1)N1CCNCC1c1cccnc1. The third-order valence-corrected chi connectivity index (χ3v) is 3.74. The van der Waals surface area contributed by atoms with Crippen molar-refractivity contribution in [2.45, 2.75) is 6.04 Å². The van der Waals surface area contributed by atoms with Crippen molar-refractivity contribution in [3.05, 3.63) is 65.5 Å². The normalized spacial score (nSPS) is 18.3. The lowest BCUT2D eigenvalue weighted by Gasteiger charge is -2.36. The van der Waals surface area contributed by atoms with Gasteiger partial charge in [-0.1, -0.05) is 6.07 Å². The predicted octanol–water partition coefficient (Wildman–Crippen LogP) is 2.15. The summed E-state index contributed by atoms with van der Waals surface area (Å²) in [5.41, 5.74) is 1.06. The zero-order valence-corrected chi connectivity index (χ0v) is 11.8. The van der Waals surface area contributed by atoms with E-state index in [1.807, 2.05) is 12.1 Å². The Kier molecular flexibility index (Phi) is 4.11. The van der Waals surface area contributed by atoms with Crippen molar-refractivity contribution in [1.29, 1.82) is 0 Å². The number of halogens is 2. The summed E-state index contributed by atoms with van der Waals surface area (Å²) in [6, 6.07) is 6.76. The molecule has 1 fully saturated rings. The molecule has 0 saturated carbocycles. The Morgan fingerprint density at radius 1 is 1.27 bits per heavy atom. The first-order valence-electron chi connectivity index (χ1n) is 7.03. The van der Waals surface area contributed by atoms with Crippen LogP contribution in [0, 0.1) is 11.6 Å². The molecule has 1 aliphatic heterocycles. The van der Waals surface area contributed by atoms with Crippen molar-refractivity contribution in [1.82, 2.24) is 15.2 Å². The number of hydrogen-bond acceptors (Lipinski definition) is 3. The van der Waals surface area contributed by atoms with Crippen LogP contribution in [-0.2, 0) is 0 Å². The first-order chi connectivity index (χ1) is 10.7. The lowest BCUT2D eigenvalue weighted by molar-refractivity contribution is 0.0633. The van der Waals surface area contributed by atoms with Gasteiger partial charge in [0.1, 0.15) is 0 Å². The number of nitrogens with one attached hydrogen (secondary N) is 1. The van der Waals surface area contributed by atoms with E-state index in [1.165, 1.54) is 6.07 Å². The Morgan fingerprint density at radius 3 is 2.86 bits per heavy atom. The Labute approximate surface area is 126 Å². The quantitative estimate of drug-likeness (QED) is 0.924. The zero-order valence-electron chi connectivity index (χ0n) is 11.8. The minimum Gasteiger partial charge on any atom is -0.329 e. The number of nitrogens with zero attached hydrogens (tertiary/aromatic N) is 2. The summed E-state index contributed by atoms with van der Waals surface area (Å²) in [5.74, 6) is -2.28. The lowest BCUT2D eigenvalue weighted by atomic mass is 10.0. The summed E-state index contributed by atoms with van der Waals surface area (Å²) >= 11 is 0. The molecule has 2 heterocycles. The second-order valence-electron chi connectivity index (χ2n) is 5.13. The molecule has 1 amide bonds. The molecule has 0 bridgehead atoms. The van der Waals surface area contributed by atoms with E-state index in [0.29, 0.717) is 19.6 Å². The molecule has 1 N–H and O–H groups in total. The Bertz CT molecular complexity index is 678. The Balaban J connectivity index is 1.90. The van der Waals surface area contributed by atoms with Crippen LogP contribution in [0.3, 0.4) is 0 Å². The maximum atomic E-state index is 13.4. The highest BCUT2D eigenvalue weighted by Gasteiger charge is 2.29. The van der Waals surface area contributed by atoms with Gasteiger partial charge in [0.25, 0.3) is 5.91 Å². The van der Waals surface area contributed by atoms with Gasteiger partial charge in [0.05, 0.1) is 6.04 Å². The number of benzene rings is 1. The van der Waals surface area contributed by atoms with Gasteiger partial charge >= 0.3 is 0 Å². The number of aromatic nitrogens is 1. The van der Waals surface area contributed by atoms with Crippen LogP contribution in [0.2, 0.25) is 0 Å². The van der Waals surface area contributed by atoms with Gasteiger partial charge in [0.15, 0.2) is 11.6 Å². The van der Waals surface area contributed by atoms with Crippen LogP contribution in [0.4, 0.5) is 8.78 Å².